The van der Waals surface area contributed by atoms with Crippen molar-refractivity contribution in [2.75, 3.05) is 130 Å². The SMILES string of the molecule is NCCOCCOCCOCCOCCOCCOCCOCCOCCC(=O)N1CCc2nc(Cn3nc(-c4ccc5oc(N)nc5c4)c4c(N)ncnc43)ncc2C1. The molecule has 0 fully saturated rings. The quantitative estimate of drug-likeness (QED) is 0.0567. The Morgan fingerprint density at radius 3 is 1.95 bits per heavy atom. The zero-order valence-electron chi connectivity index (χ0n) is 33.8. The number of fused-ring (bicyclic) bond motifs is 3. The van der Waals surface area contributed by atoms with Crippen molar-refractivity contribution in [3.8, 4) is 11.3 Å². The molecule has 21 nitrogen and oxygen atoms in total. The molecule has 326 valence electrons. The third-order valence-electron chi connectivity index (χ3n) is 9.19. The number of nitrogen functional groups attached to an aromatic ring is 2. The lowest BCUT2D eigenvalue weighted by Crippen LogP contribution is -2.37. The Labute approximate surface area is 347 Å². The third kappa shape index (κ3) is 13.5. The van der Waals surface area contributed by atoms with Gasteiger partial charge in [-0.05, 0) is 18.2 Å². The van der Waals surface area contributed by atoms with Crippen LogP contribution >= 0.6 is 0 Å². The van der Waals surface area contributed by atoms with Crippen LogP contribution in [0.5, 0.6) is 0 Å². The molecule has 4 aromatic heterocycles. The van der Waals surface area contributed by atoms with Crippen molar-refractivity contribution in [3.05, 3.63) is 47.8 Å². The molecule has 1 aliphatic rings. The van der Waals surface area contributed by atoms with Crippen molar-refractivity contribution < 1.29 is 47.1 Å². The zero-order valence-corrected chi connectivity index (χ0v) is 33.8. The fraction of sp³-hybridized carbons (Fsp3) is 0.564. The molecule has 0 saturated heterocycles. The average Bonchev–Trinajstić information content (AvgIpc) is 3.82. The van der Waals surface area contributed by atoms with Crippen LogP contribution < -0.4 is 17.2 Å². The minimum atomic E-state index is 0.0135. The maximum atomic E-state index is 13.0. The summed E-state index contributed by atoms with van der Waals surface area (Å²) in [6, 6.07) is 5.55. The summed E-state index contributed by atoms with van der Waals surface area (Å²) in [6.45, 7) is 9.28. The van der Waals surface area contributed by atoms with Gasteiger partial charge in [0, 0.05) is 43.4 Å². The lowest BCUT2D eigenvalue weighted by molar-refractivity contribution is -0.133. The summed E-state index contributed by atoms with van der Waals surface area (Å²) in [5, 5.41) is 5.45. The van der Waals surface area contributed by atoms with Gasteiger partial charge in [0.05, 0.1) is 123 Å². The highest BCUT2D eigenvalue weighted by atomic mass is 16.6. The summed E-state index contributed by atoms with van der Waals surface area (Å²) in [4.78, 5) is 37.1. The Balaban J connectivity index is 0.789. The van der Waals surface area contributed by atoms with Gasteiger partial charge in [0.2, 0.25) is 5.91 Å². The molecule has 21 heteroatoms. The second kappa shape index (κ2) is 24.3. The number of rotatable bonds is 29. The first kappa shape index (κ1) is 44.6. The number of carbonyl (C=O) groups is 1. The summed E-state index contributed by atoms with van der Waals surface area (Å²) in [7, 11) is 0. The lowest BCUT2D eigenvalue weighted by Gasteiger charge is -2.28. The smallest absolute Gasteiger partial charge is 0.292 e. The van der Waals surface area contributed by atoms with E-state index in [1.165, 1.54) is 6.33 Å². The maximum absolute atomic E-state index is 13.0. The number of oxazole rings is 1. The molecule has 1 aromatic carbocycles. The first-order chi connectivity index (χ1) is 29.5. The molecule has 1 amide bonds. The van der Waals surface area contributed by atoms with E-state index in [0.29, 0.717) is 171 Å². The van der Waals surface area contributed by atoms with Gasteiger partial charge in [-0.3, -0.25) is 4.79 Å². The number of hydrogen-bond acceptors (Lipinski definition) is 19. The van der Waals surface area contributed by atoms with E-state index in [9.17, 15) is 4.79 Å². The summed E-state index contributed by atoms with van der Waals surface area (Å²) < 4.78 is 50.9. The van der Waals surface area contributed by atoms with Crippen LogP contribution in [-0.2, 0) is 62.2 Å². The van der Waals surface area contributed by atoms with E-state index >= 15 is 0 Å². The van der Waals surface area contributed by atoms with Crippen LogP contribution in [0.3, 0.4) is 0 Å². The van der Waals surface area contributed by atoms with Crippen molar-refractivity contribution in [1.29, 1.82) is 0 Å². The van der Waals surface area contributed by atoms with Gasteiger partial charge in [0.25, 0.3) is 6.01 Å². The average molecular weight is 838 g/mol. The minimum absolute atomic E-state index is 0.0135. The second-order valence-corrected chi connectivity index (χ2v) is 13.5. The lowest BCUT2D eigenvalue weighted by atomic mass is 10.1. The molecule has 5 heterocycles. The Morgan fingerprint density at radius 2 is 1.33 bits per heavy atom. The predicted molar refractivity (Wildman–Crippen MR) is 218 cm³/mol. The largest absolute Gasteiger partial charge is 0.424 e. The van der Waals surface area contributed by atoms with Gasteiger partial charge >= 0.3 is 0 Å². The van der Waals surface area contributed by atoms with Gasteiger partial charge in [-0.25, -0.2) is 24.6 Å². The molecule has 0 atom stereocenters. The van der Waals surface area contributed by atoms with Gasteiger partial charge in [0.1, 0.15) is 35.7 Å². The Bertz CT molecular complexity index is 2070. The highest BCUT2D eigenvalue weighted by Gasteiger charge is 2.24. The van der Waals surface area contributed by atoms with E-state index in [-0.39, 0.29) is 24.9 Å². The molecule has 60 heavy (non-hydrogen) atoms. The van der Waals surface area contributed by atoms with Crippen LogP contribution in [0, 0.1) is 0 Å². The predicted octanol–water partition coefficient (Wildman–Crippen LogP) is 1.00. The monoisotopic (exact) mass is 837 g/mol. The number of hydrogen-bond donors (Lipinski definition) is 3. The number of anilines is 2. The van der Waals surface area contributed by atoms with Crippen LogP contribution in [0.25, 0.3) is 33.4 Å². The number of nitrogens with two attached hydrogens (primary N) is 3. The van der Waals surface area contributed by atoms with Crippen LogP contribution in [0.15, 0.2) is 35.1 Å². The van der Waals surface area contributed by atoms with Crippen molar-refractivity contribution in [3.63, 3.8) is 0 Å². The van der Waals surface area contributed by atoms with Crippen LogP contribution in [0.4, 0.5) is 11.8 Å². The number of carbonyl (C=O) groups excluding carboxylic acids is 1. The number of amides is 1. The van der Waals surface area contributed by atoms with E-state index in [2.05, 4.69) is 19.9 Å². The molecule has 1 aliphatic heterocycles. The normalized spacial score (nSPS) is 12.8. The molecule has 0 unspecified atom stereocenters. The molecule has 6 rings (SSSR count). The third-order valence-corrected chi connectivity index (χ3v) is 9.19. The summed E-state index contributed by atoms with van der Waals surface area (Å²) in [6.07, 6.45) is 4.06. The van der Waals surface area contributed by atoms with Gasteiger partial charge in [-0.1, -0.05) is 0 Å². The fourth-order valence-electron chi connectivity index (χ4n) is 6.26. The van der Waals surface area contributed by atoms with E-state index < -0.39 is 0 Å². The molecular formula is C39H55N11O10. The van der Waals surface area contributed by atoms with Crippen LogP contribution in [0.1, 0.15) is 23.5 Å². The number of aromatic nitrogens is 7. The Kier molecular flexibility index (Phi) is 18.1. The summed E-state index contributed by atoms with van der Waals surface area (Å²) in [5.74, 6) is 0.876. The molecule has 0 radical (unpaired) electrons. The van der Waals surface area contributed by atoms with Gasteiger partial charge < -0.3 is 64.4 Å². The Hall–Kier alpha value is -4.97. The van der Waals surface area contributed by atoms with Crippen molar-refractivity contribution >= 4 is 39.9 Å². The molecule has 0 saturated carbocycles. The number of ether oxygens (including phenoxy) is 8. The molecule has 0 spiro atoms. The van der Waals surface area contributed by atoms with E-state index in [0.717, 1.165) is 16.8 Å². The van der Waals surface area contributed by atoms with Crippen molar-refractivity contribution in [2.24, 2.45) is 5.73 Å². The van der Waals surface area contributed by atoms with Gasteiger partial charge in [-0.2, -0.15) is 10.1 Å². The second-order valence-electron chi connectivity index (χ2n) is 13.5. The molecule has 5 aromatic rings. The number of nitrogens with zero attached hydrogens (tertiary/aromatic N) is 8. The summed E-state index contributed by atoms with van der Waals surface area (Å²) >= 11 is 0. The van der Waals surface area contributed by atoms with Gasteiger partial charge in [-0.15, -0.1) is 0 Å². The van der Waals surface area contributed by atoms with E-state index in [1.54, 1.807) is 16.9 Å². The fourth-order valence-corrected chi connectivity index (χ4v) is 6.26. The van der Waals surface area contributed by atoms with Crippen molar-refractivity contribution in [2.45, 2.75) is 25.9 Å². The first-order valence-electron chi connectivity index (χ1n) is 20.1. The molecular weight excluding hydrogens is 782 g/mol. The van der Waals surface area contributed by atoms with Crippen LogP contribution in [-0.4, -0.2) is 164 Å². The highest BCUT2D eigenvalue weighted by Crippen LogP contribution is 2.32. The standard InChI is InChI=1S/C39H55N11O10/c40-5-8-53-10-12-55-14-16-57-18-20-59-22-21-58-19-17-56-15-13-54-11-9-52-7-4-34(51)49-6-3-30-29(25-49)24-43-33(46-30)26-50-38-35(37(41)44-27-45-38)36(48-50)28-1-2-32-31(23-28)47-39(42)60-32/h1-2,23-24,27H,3-22,25-26,40H2,(H2,42,47)(H2,41,44,45). The van der Waals surface area contributed by atoms with E-state index in [1.807, 2.05) is 17.0 Å². The number of benzene rings is 1. The topological polar surface area (TPSA) is 268 Å². The molecule has 0 aliphatic carbocycles. The summed E-state index contributed by atoms with van der Waals surface area (Å²) in [5.41, 5.74) is 22.3. The maximum Gasteiger partial charge on any atom is 0.292 e. The molecule has 6 N–H and O–H groups in total. The van der Waals surface area contributed by atoms with Crippen molar-refractivity contribution in [1.82, 2.24) is 39.6 Å². The minimum Gasteiger partial charge on any atom is -0.424 e. The van der Waals surface area contributed by atoms with Gasteiger partial charge in [0.15, 0.2) is 11.2 Å². The zero-order chi connectivity index (χ0) is 41.8. The first-order valence-corrected chi connectivity index (χ1v) is 20.1. The molecule has 0 bridgehead atoms. The van der Waals surface area contributed by atoms with E-state index in [4.69, 9.17) is 69.6 Å². The Morgan fingerprint density at radius 1 is 0.733 bits per heavy atom. The highest BCUT2D eigenvalue weighted by molar-refractivity contribution is 5.99. The van der Waals surface area contributed by atoms with Crippen LogP contribution in [0.2, 0.25) is 0 Å².